The maximum Gasteiger partial charge on any atom is 0.0911 e. The Labute approximate surface area is 207 Å². The molecule has 4 N–H and O–H groups in total. The molecule has 6 fully saturated rings. The van der Waals surface area contributed by atoms with Crippen LogP contribution in [0, 0.1) is 57.2 Å². The van der Waals surface area contributed by atoms with E-state index in [1.54, 1.807) is 0 Å². The van der Waals surface area contributed by atoms with Crippen LogP contribution in [0.25, 0.3) is 0 Å². The monoisotopic (exact) mass is 476 g/mol. The number of hydrogen-bond acceptors (Lipinski definition) is 4. The predicted octanol–water partition coefficient (Wildman–Crippen LogP) is 5.16. The van der Waals surface area contributed by atoms with Gasteiger partial charge in [-0.25, -0.2) is 0 Å². The van der Waals surface area contributed by atoms with Crippen LogP contribution in [0.15, 0.2) is 0 Å². The second kappa shape index (κ2) is 7.23. The molecule has 0 saturated heterocycles. The Bertz CT molecular complexity index is 762. The van der Waals surface area contributed by atoms with E-state index in [0.717, 1.165) is 25.7 Å². The Morgan fingerprint density at radius 1 is 0.500 bits per heavy atom. The molecule has 0 aromatic carbocycles. The molecule has 4 nitrogen and oxygen atoms in total. The number of rotatable bonds is 0. The van der Waals surface area contributed by atoms with Gasteiger partial charge in [-0.2, -0.15) is 0 Å². The quantitative estimate of drug-likeness (QED) is 0.389. The Hall–Kier alpha value is -0.160. The fraction of sp³-hybridized carbons (Fsp3) is 1.00. The molecule has 2 unspecified atom stereocenters. The molecule has 4 heteroatoms. The summed E-state index contributed by atoms with van der Waals surface area (Å²) in [7, 11) is 0. The minimum Gasteiger partial charge on any atom is -0.390 e. The van der Waals surface area contributed by atoms with Crippen molar-refractivity contribution in [1.29, 1.82) is 0 Å². The van der Waals surface area contributed by atoms with E-state index in [4.69, 9.17) is 0 Å². The highest BCUT2D eigenvalue weighted by atomic mass is 16.3. The van der Waals surface area contributed by atoms with E-state index in [1.165, 1.54) is 25.7 Å². The SMILES string of the molecule is C[C@H]1CC[C@H]2C(C)(C)[C@H]3C[C@@]12CC(O)C3(C)O.C[C@H]1CC[C@H]2C(C)(C)[C@H]3C[C@@]12C[C@H](O)[C@]3(C)O. The van der Waals surface area contributed by atoms with Crippen molar-refractivity contribution >= 4 is 0 Å². The average molecular weight is 477 g/mol. The lowest BCUT2D eigenvalue weighted by atomic mass is 9.63. The van der Waals surface area contributed by atoms with Gasteiger partial charge in [0.05, 0.1) is 23.4 Å². The van der Waals surface area contributed by atoms with Gasteiger partial charge < -0.3 is 20.4 Å². The van der Waals surface area contributed by atoms with Gasteiger partial charge in [0.25, 0.3) is 0 Å². The molecule has 196 valence electrons. The van der Waals surface area contributed by atoms with Gasteiger partial charge in [-0.05, 0) is 122 Å². The number of aliphatic hydroxyl groups is 4. The molecule has 6 aliphatic rings. The highest BCUT2D eigenvalue weighted by Crippen LogP contribution is 2.74. The summed E-state index contributed by atoms with van der Waals surface area (Å²) in [6.45, 7) is 17.7. The minimum atomic E-state index is -0.890. The summed E-state index contributed by atoms with van der Waals surface area (Å²) in [4.78, 5) is 0. The molecule has 0 radical (unpaired) electrons. The Balaban J connectivity index is 0.000000142. The van der Waals surface area contributed by atoms with Gasteiger partial charge in [0.1, 0.15) is 0 Å². The molecule has 6 aliphatic carbocycles. The lowest BCUT2D eigenvalue weighted by Gasteiger charge is -2.47. The normalized spacial score (nSPS) is 60.4. The highest BCUT2D eigenvalue weighted by molar-refractivity contribution is 5.20. The van der Waals surface area contributed by atoms with Crippen molar-refractivity contribution in [2.24, 2.45) is 57.2 Å². The smallest absolute Gasteiger partial charge is 0.0911 e. The lowest BCUT2D eigenvalue weighted by molar-refractivity contribution is -0.153. The van der Waals surface area contributed by atoms with Crippen molar-refractivity contribution in [3.8, 4) is 0 Å². The van der Waals surface area contributed by atoms with Crippen LogP contribution in [-0.2, 0) is 0 Å². The molecule has 6 rings (SSSR count). The van der Waals surface area contributed by atoms with Crippen LogP contribution in [0.5, 0.6) is 0 Å². The van der Waals surface area contributed by atoms with Gasteiger partial charge in [0.2, 0.25) is 0 Å². The Morgan fingerprint density at radius 2 is 0.824 bits per heavy atom. The van der Waals surface area contributed by atoms with Crippen LogP contribution in [0.2, 0.25) is 0 Å². The summed E-state index contributed by atoms with van der Waals surface area (Å²) in [5.74, 6) is 3.32. The zero-order valence-corrected chi connectivity index (χ0v) is 23.1. The molecule has 2 spiro atoms. The summed E-state index contributed by atoms with van der Waals surface area (Å²) in [5, 5.41) is 42.0. The highest BCUT2D eigenvalue weighted by Gasteiger charge is 2.71. The van der Waals surface area contributed by atoms with Gasteiger partial charge in [-0.1, -0.05) is 41.5 Å². The summed E-state index contributed by atoms with van der Waals surface area (Å²) in [6, 6.07) is 0. The largest absolute Gasteiger partial charge is 0.390 e. The molecule has 4 bridgehead atoms. The van der Waals surface area contributed by atoms with Crippen LogP contribution in [0.1, 0.15) is 107 Å². The minimum absolute atomic E-state index is 0.172. The third kappa shape index (κ3) is 2.92. The van der Waals surface area contributed by atoms with E-state index in [-0.39, 0.29) is 22.7 Å². The Kier molecular flexibility index (Phi) is 5.42. The third-order valence-corrected chi connectivity index (χ3v) is 13.8. The average Bonchev–Trinajstić information content (AvgIpc) is 3.33. The fourth-order valence-electron chi connectivity index (χ4n) is 11.7. The van der Waals surface area contributed by atoms with Crippen molar-refractivity contribution in [3.05, 3.63) is 0 Å². The maximum absolute atomic E-state index is 10.7. The lowest BCUT2D eigenvalue weighted by Crippen LogP contribution is -2.53. The molecule has 0 aromatic heterocycles. The summed E-state index contributed by atoms with van der Waals surface area (Å²) >= 11 is 0. The number of hydrogen-bond donors (Lipinski definition) is 4. The third-order valence-electron chi connectivity index (χ3n) is 13.8. The standard InChI is InChI=1S/2C15H26O2/c2*1-9-5-6-10-13(2,3)11-7-15(9,10)8-12(16)14(11,4)17/h2*9-12,16-17H,5-8H2,1-4H3/t9-,10-,11+,12?,14?,15+;9-,10-,11+,12-,14+,15+/m00/s1. The molecule has 0 heterocycles. The van der Waals surface area contributed by atoms with Crippen LogP contribution in [-0.4, -0.2) is 43.8 Å². The molecular formula is C30H52O4. The number of aliphatic hydroxyl groups excluding tert-OH is 2. The second-order valence-corrected chi connectivity index (χ2v) is 15.6. The van der Waals surface area contributed by atoms with Gasteiger partial charge in [-0.15, -0.1) is 0 Å². The second-order valence-electron chi connectivity index (χ2n) is 15.6. The van der Waals surface area contributed by atoms with Gasteiger partial charge in [0, 0.05) is 0 Å². The van der Waals surface area contributed by atoms with Crippen LogP contribution in [0.3, 0.4) is 0 Å². The van der Waals surface area contributed by atoms with Crippen molar-refractivity contribution in [2.75, 3.05) is 0 Å². The zero-order valence-electron chi connectivity index (χ0n) is 23.1. The summed E-state index contributed by atoms with van der Waals surface area (Å²) in [6.07, 6.45) is 7.97. The zero-order chi connectivity index (χ0) is 25.3. The van der Waals surface area contributed by atoms with Gasteiger partial charge in [0.15, 0.2) is 0 Å². The van der Waals surface area contributed by atoms with Crippen molar-refractivity contribution in [2.45, 2.75) is 130 Å². The first-order chi connectivity index (χ1) is 15.5. The fourth-order valence-corrected chi connectivity index (χ4v) is 11.7. The van der Waals surface area contributed by atoms with Crippen LogP contribution < -0.4 is 0 Å². The first-order valence-electron chi connectivity index (χ1n) is 14.3. The van der Waals surface area contributed by atoms with Gasteiger partial charge >= 0.3 is 0 Å². The van der Waals surface area contributed by atoms with E-state index in [0.29, 0.717) is 34.5 Å². The molecular weight excluding hydrogens is 424 g/mol. The first kappa shape index (κ1) is 25.5. The van der Waals surface area contributed by atoms with E-state index in [1.807, 2.05) is 13.8 Å². The maximum atomic E-state index is 10.7. The van der Waals surface area contributed by atoms with E-state index < -0.39 is 23.4 Å². The molecule has 0 aliphatic heterocycles. The van der Waals surface area contributed by atoms with Crippen molar-refractivity contribution in [3.63, 3.8) is 0 Å². The van der Waals surface area contributed by atoms with E-state index in [9.17, 15) is 20.4 Å². The van der Waals surface area contributed by atoms with E-state index in [2.05, 4.69) is 41.5 Å². The predicted molar refractivity (Wildman–Crippen MR) is 135 cm³/mol. The molecule has 34 heavy (non-hydrogen) atoms. The number of fused-ring (bicyclic) bond motifs is 2. The molecule has 0 amide bonds. The molecule has 0 aromatic rings. The van der Waals surface area contributed by atoms with Crippen molar-refractivity contribution < 1.29 is 20.4 Å². The first-order valence-corrected chi connectivity index (χ1v) is 14.3. The van der Waals surface area contributed by atoms with Crippen molar-refractivity contribution in [1.82, 2.24) is 0 Å². The molecule has 12 atom stereocenters. The Morgan fingerprint density at radius 3 is 1.15 bits per heavy atom. The van der Waals surface area contributed by atoms with Gasteiger partial charge in [-0.3, -0.25) is 0 Å². The van der Waals surface area contributed by atoms with Crippen LogP contribution >= 0.6 is 0 Å². The van der Waals surface area contributed by atoms with Crippen LogP contribution in [0.4, 0.5) is 0 Å². The summed E-state index contributed by atoms with van der Waals surface area (Å²) in [5.41, 5.74) is -0.805. The summed E-state index contributed by atoms with van der Waals surface area (Å²) < 4.78 is 0. The molecule has 6 saturated carbocycles. The van der Waals surface area contributed by atoms with E-state index >= 15 is 0 Å². The topological polar surface area (TPSA) is 80.9 Å².